The molecule has 2 aromatic rings. The maximum Gasteiger partial charge on any atom is 0.411 e. The highest BCUT2D eigenvalue weighted by atomic mass is 32.1. The lowest BCUT2D eigenvalue weighted by molar-refractivity contribution is 0.129. The van der Waals surface area contributed by atoms with Gasteiger partial charge in [0.15, 0.2) is 11.4 Å². The standard InChI is InChI=1S/C11H15N3O3S.C11H13N3O3.CH3F/c1-6(2)17-11(15)14-7-4-8(16-3)9(10(12)18)13-5-7;1-7(2)17-11(15)14-8-4-10(16-3)9(5-12)13-6-8;1-2/h4-6H,1-3H3,(H2,12,18)(H,14,15);4,6-7H,1-3H3,(H,14,15);1H3/i;;1D. The summed E-state index contributed by atoms with van der Waals surface area (Å²) in [5.41, 5.74) is 6.87. The van der Waals surface area contributed by atoms with E-state index in [1.807, 2.05) is 6.07 Å². The monoisotopic (exact) mass is 539 g/mol. The fourth-order valence-corrected chi connectivity index (χ4v) is 2.48. The van der Waals surface area contributed by atoms with Gasteiger partial charge in [0.05, 0.1) is 58.7 Å². The summed E-state index contributed by atoms with van der Waals surface area (Å²) in [7, 11) is 1.89. The van der Waals surface area contributed by atoms with Crippen molar-refractivity contribution in [3.8, 4) is 17.6 Å². The van der Waals surface area contributed by atoms with Crippen LogP contribution in [0.1, 0.15) is 40.5 Å². The summed E-state index contributed by atoms with van der Waals surface area (Å²) >= 11 is 4.83. The third-order valence-corrected chi connectivity index (χ3v) is 3.86. The Morgan fingerprint density at radius 1 is 1.03 bits per heavy atom. The largest absolute Gasteiger partial charge is 0.494 e. The maximum atomic E-state index is 11.4. The van der Waals surface area contributed by atoms with E-state index >= 15 is 0 Å². The number of carbonyl (C=O) groups is 2. The number of nitrogens with zero attached hydrogens (tertiary/aromatic N) is 3. The van der Waals surface area contributed by atoms with Gasteiger partial charge < -0.3 is 24.7 Å². The van der Waals surface area contributed by atoms with Crippen molar-refractivity contribution in [2.24, 2.45) is 5.73 Å². The Labute approximate surface area is 221 Å². The van der Waals surface area contributed by atoms with Gasteiger partial charge in [-0.25, -0.2) is 19.6 Å². The quantitative estimate of drug-likeness (QED) is 0.431. The molecule has 2 amide bonds. The zero-order chi connectivity index (χ0) is 29.3. The molecule has 0 fully saturated rings. The third-order valence-electron chi connectivity index (χ3n) is 3.66. The second-order valence-corrected chi connectivity index (χ2v) is 7.62. The molecule has 2 rings (SSSR count). The van der Waals surface area contributed by atoms with Gasteiger partial charge in [-0.05, 0) is 27.7 Å². The van der Waals surface area contributed by atoms with Crippen LogP contribution in [0.4, 0.5) is 25.4 Å². The summed E-state index contributed by atoms with van der Waals surface area (Å²) in [5, 5.41) is 13.7. The smallest absolute Gasteiger partial charge is 0.411 e. The Morgan fingerprint density at radius 2 is 1.46 bits per heavy atom. The van der Waals surface area contributed by atoms with E-state index in [9.17, 15) is 14.0 Å². The summed E-state index contributed by atoms with van der Waals surface area (Å²) in [6.07, 6.45) is 1.26. The van der Waals surface area contributed by atoms with E-state index in [-0.39, 0.29) is 22.9 Å². The van der Waals surface area contributed by atoms with Gasteiger partial charge in [-0.2, -0.15) is 5.26 Å². The number of aromatic nitrogens is 2. The van der Waals surface area contributed by atoms with Crippen LogP contribution in [0.15, 0.2) is 24.5 Å². The Balaban J connectivity index is 0.000000654. The highest BCUT2D eigenvalue weighted by molar-refractivity contribution is 7.80. The van der Waals surface area contributed by atoms with Crippen molar-refractivity contribution in [1.29, 1.82) is 5.26 Å². The van der Waals surface area contributed by atoms with E-state index in [0.29, 0.717) is 28.6 Å². The Hall–Kier alpha value is -4.25. The summed E-state index contributed by atoms with van der Waals surface area (Å²) in [6.45, 7) is 7.01. The van der Waals surface area contributed by atoms with Crippen LogP contribution in [-0.2, 0) is 9.47 Å². The topological polar surface area (TPSA) is 171 Å². The number of amides is 2. The van der Waals surface area contributed by atoms with Gasteiger partial charge in [-0.15, -0.1) is 0 Å². The van der Waals surface area contributed by atoms with E-state index in [2.05, 4.69) is 20.6 Å². The molecule has 4 N–H and O–H groups in total. The molecule has 0 aromatic carbocycles. The first-order chi connectivity index (χ1) is 17.9. The van der Waals surface area contributed by atoms with Crippen molar-refractivity contribution in [3.63, 3.8) is 0 Å². The molecule has 0 aliphatic heterocycles. The number of methoxy groups -OCH3 is 2. The number of nitrogens with one attached hydrogen (secondary N) is 2. The molecule has 2 heterocycles. The Bertz CT molecular complexity index is 1120. The molecule has 0 aliphatic carbocycles. The number of alkyl halides is 1. The Kier molecular flexibility index (Phi) is 14.3. The highest BCUT2D eigenvalue weighted by Crippen LogP contribution is 2.21. The highest BCUT2D eigenvalue weighted by Gasteiger charge is 2.12. The van der Waals surface area contributed by atoms with E-state index in [1.54, 1.807) is 33.8 Å². The number of rotatable bonds is 7. The minimum Gasteiger partial charge on any atom is -0.494 e. The number of anilines is 2. The van der Waals surface area contributed by atoms with Crippen LogP contribution in [0.25, 0.3) is 0 Å². The average Bonchev–Trinajstić information content (AvgIpc) is 2.83. The van der Waals surface area contributed by atoms with Gasteiger partial charge >= 0.3 is 12.2 Å². The van der Waals surface area contributed by atoms with Crippen LogP contribution >= 0.6 is 12.2 Å². The minimum atomic E-state index is -1.00. The van der Waals surface area contributed by atoms with E-state index in [1.165, 1.54) is 32.7 Å². The van der Waals surface area contributed by atoms with Crippen LogP contribution in [0.3, 0.4) is 0 Å². The normalized spacial score (nSPS) is 9.78. The number of hydrogen-bond acceptors (Lipinski definition) is 10. The fourth-order valence-electron chi connectivity index (χ4n) is 2.33. The molecule has 0 aliphatic rings. The van der Waals surface area contributed by atoms with Crippen molar-refractivity contribution in [1.82, 2.24) is 9.97 Å². The van der Waals surface area contributed by atoms with Crippen LogP contribution in [-0.4, -0.2) is 60.7 Å². The Morgan fingerprint density at radius 3 is 1.84 bits per heavy atom. The molecule has 0 saturated carbocycles. The van der Waals surface area contributed by atoms with Crippen LogP contribution in [0.5, 0.6) is 11.5 Å². The van der Waals surface area contributed by atoms with E-state index in [0.717, 1.165) is 0 Å². The lowest BCUT2D eigenvalue weighted by atomic mass is 10.3. The SMILES string of the molecule is COc1cc(NC(=O)OC(C)C)cnc1C#N.COc1cc(NC(=O)OC(C)C)cnc1C(N)=S.[2H]CF. The van der Waals surface area contributed by atoms with Crippen molar-refractivity contribution in [2.45, 2.75) is 39.9 Å². The molecule has 12 nitrogen and oxygen atoms in total. The van der Waals surface area contributed by atoms with Gasteiger partial charge in [0.1, 0.15) is 22.5 Å². The second kappa shape index (κ2) is 17.2. The van der Waals surface area contributed by atoms with Crippen molar-refractivity contribution in [3.05, 3.63) is 35.9 Å². The van der Waals surface area contributed by atoms with Gasteiger partial charge in [0, 0.05) is 12.1 Å². The maximum absolute atomic E-state index is 11.4. The molecule has 0 atom stereocenters. The first kappa shape index (κ1) is 30.8. The molecular formula is C23H31FN6O6S. The number of nitriles is 1. The molecule has 0 radical (unpaired) electrons. The zero-order valence-electron chi connectivity index (χ0n) is 22.3. The predicted molar refractivity (Wildman–Crippen MR) is 140 cm³/mol. The summed E-state index contributed by atoms with van der Waals surface area (Å²) in [5.74, 6) is 0.694. The first-order valence-corrected chi connectivity index (χ1v) is 10.9. The molecule has 14 heteroatoms. The number of pyridine rings is 2. The van der Waals surface area contributed by atoms with Crippen LogP contribution in [0.2, 0.25) is 0 Å². The lowest BCUT2D eigenvalue weighted by Gasteiger charge is -2.11. The number of thiocarbonyl (C=S) groups is 1. The molecule has 0 saturated heterocycles. The molecule has 0 spiro atoms. The van der Waals surface area contributed by atoms with Crippen molar-refractivity contribution in [2.75, 3.05) is 32.0 Å². The first-order valence-electron chi connectivity index (χ1n) is 11.2. The number of hydrogen-bond donors (Lipinski definition) is 3. The molecule has 0 bridgehead atoms. The van der Waals surface area contributed by atoms with Gasteiger partial charge in [-0.3, -0.25) is 15.0 Å². The fraction of sp³-hybridized carbons (Fsp3) is 0.391. The van der Waals surface area contributed by atoms with Gasteiger partial charge in [-0.1, -0.05) is 12.2 Å². The second-order valence-electron chi connectivity index (χ2n) is 7.18. The van der Waals surface area contributed by atoms with Gasteiger partial charge in [0.25, 0.3) is 0 Å². The molecule has 37 heavy (non-hydrogen) atoms. The van der Waals surface area contributed by atoms with Crippen LogP contribution in [0, 0.1) is 11.3 Å². The number of ether oxygens (including phenoxy) is 4. The summed E-state index contributed by atoms with van der Waals surface area (Å²) in [4.78, 5) is 30.7. The number of carbonyl (C=O) groups excluding carboxylic acids is 2. The summed E-state index contributed by atoms with van der Waals surface area (Å²) < 4.78 is 35.4. The molecule has 2 aromatic heterocycles. The molecular weight excluding hydrogens is 507 g/mol. The average molecular weight is 540 g/mol. The van der Waals surface area contributed by atoms with Gasteiger partial charge in [0.2, 0.25) is 0 Å². The van der Waals surface area contributed by atoms with E-state index < -0.39 is 19.3 Å². The summed E-state index contributed by atoms with van der Waals surface area (Å²) in [6, 6.07) is 4.96. The predicted octanol–water partition coefficient (Wildman–Crippen LogP) is 4.19. The molecule has 0 unspecified atom stereocenters. The third kappa shape index (κ3) is 12.3. The van der Waals surface area contributed by atoms with Crippen molar-refractivity contribution >= 4 is 40.8 Å². The minimum absolute atomic E-state index is 0.128. The van der Waals surface area contributed by atoms with E-state index in [4.69, 9.17) is 43.5 Å². The van der Waals surface area contributed by atoms with Crippen molar-refractivity contribution < 1.29 is 34.3 Å². The molecule has 202 valence electrons. The number of halogens is 1. The van der Waals surface area contributed by atoms with Crippen LogP contribution < -0.4 is 25.8 Å². The zero-order valence-corrected chi connectivity index (χ0v) is 22.1. The number of nitrogens with two attached hydrogens (primary N) is 1. The lowest BCUT2D eigenvalue weighted by Crippen LogP contribution is -2.19.